The summed E-state index contributed by atoms with van der Waals surface area (Å²) in [6.45, 7) is 1.49. The maximum Gasteiger partial charge on any atom is 0.279 e. The number of fused-ring (bicyclic) bond motifs is 1. The quantitative estimate of drug-likeness (QED) is 0.736. The minimum atomic E-state index is -0.401. The highest BCUT2D eigenvalue weighted by molar-refractivity contribution is 5.73. The monoisotopic (exact) mass is 214 g/mol. The lowest BCUT2D eigenvalue weighted by Gasteiger charge is -1.85. The van der Waals surface area contributed by atoms with Crippen molar-refractivity contribution in [2.75, 3.05) is 0 Å². The van der Waals surface area contributed by atoms with Crippen LogP contribution in [0.15, 0.2) is 41.0 Å². The van der Waals surface area contributed by atoms with Crippen LogP contribution in [-0.2, 0) is 0 Å². The van der Waals surface area contributed by atoms with Gasteiger partial charge in [-0.3, -0.25) is 9.78 Å². The molecule has 1 heterocycles. The zero-order valence-electron chi connectivity index (χ0n) is 8.71. The Labute approximate surface area is 91.9 Å². The summed E-state index contributed by atoms with van der Waals surface area (Å²) in [6.07, 6.45) is 2.76. The van der Waals surface area contributed by atoms with Crippen LogP contribution >= 0.6 is 0 Å². The molecule has 4 heteroatoms. The summed E-state index contributed by atoms with van der Waals surface area (Å²) in [6, 6.07) is 7.13. The van der Waals surface area contributed by atoms with Crippen molar-refractivity contribution >= 4 is 17.1 Å². The normalized spacial score (nSPS) is 11.7. The number of aliphatic hydroxyl groups is 1. The van der Waals surface area contributed by atoms with Crippen LogP contribution in [0.2, 0.25) is 0 Å². The molecule has 0 amide bonds. The molecule has 1 N–H and O–H groups in total. The van der Waals surface area contributed by atoms with E-state index in [1.165, 1.54) is 19.2 Å². The standard InChI is InChI=1S/C12H10N2O2/c1-8(15)6-9-7-13-10-4-2-3-5-11(10)14-12(9)16/h2-7,15H,1H3/b8-6-. The van der Waals surface area contributed by atoms with Gasteiger partial charge in [0.15, 0.2) is 0 Å². The Morgan fingerprint density at radius 3 is 2.69 bits per heavy atom. The molecular weight excluding hydrogens is 204 g/mol. The molecule has 0 aliphatic heterocycles. The number of nitrogens with zero attached hydrogens (tertiary/aromatic N) is 2. The maximum absolute atomic E-state index is 11.7. The van der Waals surface area contributed by atoms with E-state index in [9.17, 15) is 4.79 Å². The maximum atomic E-state index is 11.7. The third-order valence-electron chi connectivity index (χ3n) is 2.06. The number of rotatable bonds is 1. The van der Waals surface area contributed by atoms with Crippen molar-refractivity contribution in [3.63, 3.8) is 0 Å². The van der Waals surface area contributed by atoms with E-state index in [0.717, 1.165) is 0 Å². The average Bonchev–Trinajstić information content (AvgIpc) is 2.39. The van der Waals surface area contributed by atoms with E-state index >= 15 is 0 Å². The second-order valence-electron chi connectivity index (χ2n) is 3.40. The SMILES string of the molecule is C/C(O)=C/c1cnc2ccccc2nc1=O. The lowest BCUT2D eigenvalue weighted by atomic mass is 10.3. The van der Waals surface area contributed by atoms with E-state index in [2.05, 4.69) is 9.97 Å². The van der Waals surface area contributed by atoms with E-state index in [1.54, 1.807) is 18.2 Å². The fraction of sp³-hybridized carbons (Fsp3) is 0.0833. The minimum Gasteiger partial charge on any atom is -0.513 e. The Morgan fingerprint density at radius 1 is 1.31 bits per heavy atom. The summed E-state index contributed by atoms with van der Waals surface area (Å²) >= 11 is 0. The molecule has 0 aliphatic rings. The molecular formula is C12H10N2O2. The number of hydrogen-bond acceptors (Lipinski definition) is 4. The summed E-state index contributed by atoms with van der Waals surface area (Å²) in [5.41, 5.74) is 1.07. The predicted octanol–water partition coefficient (Wildman–Crippen LogP) is 1.91. The van der Waals surface area contributed by atoms with Crippen LogP contribution < -0.4 is 5.56 Å². The van der Waals surface area contributed by atoms with Crippen LogP contribution in [0.1, 0.15) is 12.5 Å². The fourth-order valence-electron chi connectivity index (χ4n) is 1.36. The van der Waals surface area contributed by atoms with Gasteiger partial charge in [0.1, 0.15) is 0 Å². The molecule has 1 aromatic carbocycles. The molecule has 0 unspecified atom stereocenters. The molecule has 4 nitrogen and oxygen atoms in total. The Bertz CT molecular complexity index is 617. The number of aliphatic hydroxyl groups excluding tert-OH is 1. The summed E-state index contributed by atoms with van der Waals surface area (Å²) in [7, 11) is 0. The summed E-state index contributed by atoms with van der Waals surface area (Å²) < 4.78 is 0. The zero-order valence-corrected chi connectivity index (χ0v) is 8.71. The van der Waals surface area contributed by atoms with Crippen LogP contribution in [0.3, 0.4) is 0 Å². The van der Waals surface area contributed by atoms with E-state index in [4.69, 9.17) is 5.11 Å². The van der Waals surface area contributed by atoms with Crippen molar-refractivity contribution in [1.29, 1.82) is 0 Å². The smallest absolute Gasteiger partial charge is 0.279 e. The molecule has 0 saturated heterocycles. The molecule has 0 atom stereocenters. The minimum absolute atomic E-state index is 0.0518. The van der Waals surface area contributed by atoms with Gasteiger partial charge in [-0.25, -0.2) is 4.98 Å². The van der Waals surface area contributed by atoms with Gasteiger partial charge in [0, 0.05) is 6.20 Å². The first-order valence-electron chi connectivity index (χ1n) is 4.80. The number of hydrogen-bond donors (Lipinski definition) is 1. The van der Waals surface area contributed by atoms with E-state index in [0.29, 0.717) is 11.0 Å². The second kappa shape index (κ2) is 4.10. The van der Waals surface area contributed by atoms with Gasteiger partial charge >= 0.3 is 0 Å². The van der Waals surface area contributed by atoms with Gasteiger partial charge in [0.05, 0.1) is 22.4 Å². The van der Waals surface area contributed by atoms with Crippen LogP contribution in [-0.4, -0.2) is 15.1 Å². The van der Waals surface area contributed by atoms with Gasteiger partial charge in [0.2, 0.25) is 0 Å². The molecule has 2 aromatic rings. The first-order valence-corrected chi connectivity index (χ1v) is 4.80. The van der Waals surface area contributed by atoms with Crippen molar-refractivity contribution in [3.8, 4) is 0 Å². The fourth-order valence-corrected chi connectivity index (χ4v) is 1.36. The Hall–Kier alpha value is -2.23. The zero-order chi connectivity index (χ0) is 11.5. The first kappa shape index (κ1) is 10.3. The number of allylic oxidation sites excluding steroid dienone is 1. The van der Waals surface area contributed by atoms with Gasteiger partial charge in [0.25, 0.3) is 5.56 Å². The molecule has 0 aliphatic carbocycles. The molecule has 0 fully saturated rings. The molecule has 0 radical (unpaired) electrons. The van der Waals surface area contributed by atoms with E-state index in [-0.39, 0.29) is 11.3 Å². The summed E-state index contributed by atoms with van der Waals surface area (Å²) in [5.74, 6) is 0.0518. The number of para-hydroxylation sites is 2. The van der Waals surface area contributed by atoms with Crippen LogP contribution in [0.4, 0.5) is 0 Å². The van der Waals surface area contributed by atoms with Crippen molar-refractivity contribution in [2.45, 2.75) is 6.92 Å². The number of aromatic nitrogens is 2. The average molecular weight is 214 g/mol. The van der Waals surface area contributed by atoms with Gasteiger partial charge in [-0.15, -0.1) is 0 Å². The molecule has 1 aromatic heterocycles. The first-order chi connectivity index (χ1) is 7.66. The lowest BCUT2D eigenvalue weighted by molar-refractivity contribution is 0.420. The highest BCUT2D eigenvalue weighted by atomic mass is 16.3. The molecule has 2 rings (SSSR count). The van der Waals surface area contributed by atoms with Crippen LogP contribution in [0, 0.1) is 0 Å². The summed E-state index contributed by atoms with van der Waals surface area (Å²) in [5, 5.41) is 9.12. The Kier molecular flexibility index (Phi) is 2.64. The third-order valence-corrected chi connectivity index (χ3v) is 2.06. The van der Waals surface area contributed by atoms with Gasteiger partial charge in [-0.2, -0.15) is 0 Å². The second-order valence-corrected chi connectivity index (χ2v) is 3.40. The van der Waals surface area contributed by atoms with Gasteiger partial charge in [-0.05, 0) is 25.1 Å². The topological polar surface area (TPSA) is 63.1 Å². The summed E-state index contributed by atoms with van der Waals surface area (Å²) in [4.78, 5) is 19.7. The Morgan fingerprint density at radius 2 is 2.00 bits per heavy atom. The Balaban J connectivity index is 2.78. The van der Waals surface area contributed by atoms with E-state index in [1.807, 2.05) is 6.07 Å². The number of benzene rings is 1. The predicted molar refractivity (Wildman–Crippen MR) is 62.1 cm³/mol. The van der Waals surface area contributed by atoms with Crippen molar-refractivity contribution in [3.05, 3.63) is 52.1 Å². The molecule has 0 bridgehead atoms. The highest BCUT2D eigenvalue weighted by Gasteiger charge is 1.99. The third kappa shape index (κ3) is 2.06. The van der Waals surface area contributed by atoms with Crippen molar-refractivity contribution < 1.29 is 5.11 Å². The van der Waals surface area contributed by atoms with Crippen LogP contribution in [0.5, 0.6) is 0 Å². The molecule has 16 heavy (non-hydrogen) atoms. The van der Waals surface area contributed by atoms with Gasteiger partial charge < -0.3 is 5.11 Å². The van der Waals surface area contributed by atoms with Crippen molar-refractivity contribution in [1.82, 2.24) is 9.97 Å². The lowest BCUT2D eigenvalue weighted by Crippen LogP contribution is -2.05. The molecule has 80 valence electrons. The van der Waals surface area contributed by atoms with Crippen LogP contribution in [0.25, 0.3) is 17.1 Å². The largest absolute Gasteiger partial charge is 0.513 e. The van der Waals surface area contributed by atoms with Gasteiger partial charge in [-0.1, -0.05) is 12.1 Å². The molecule has 0 saturated carbocycles. The molecule has 0 spiro atoms. The highest BCUT2D eigenvalue weighted by Crippen LogP contribution is 2.05. The van der Waals surface area contributed by atoms with Crippen molar-refractivity contribution in [2.24, 2.45) is 0 Å². The van der Waals surface area contributed by atoms with E-state index < -0.39 is 5.56 Å².